The summed E-state index contributed by atoms with van der Waals surface area (Å²) in [5.41, 5.74) is -0.652. The number of hydrogen-bond acceptors (Lipinski definition) is 2. The van der Waals surface area contributed by atoms with Gasteiger partial charge in [-0.1, -0.05) is 6.42 Å². The molecule has 0 bridgehead atoms. The quantitative estimate of drug-likeness (QED) is 0.564. The minimum absolute atomic E-state index is 0.270. The number of rotatable bonds is 4. The molecule has 1 saturated carbocycles. The van der Waals surface area contributed by atoms with Crippen molar-refractivity contribution in [3.63, 3.8) is 0 Å². The zero-order valence-electron chi connectivity index (χ0n) is 6.17. The van der Waals surface area contributed by atoms with Crippen molar-refractivity contribution in [2.24, 2.45) is 5.41 Å². The number of carbonyl (C=O) groups excluding carboxylic acids is 1. The van der Waals surface area contributed by atoms with Gasteiger partial charge in [0.05, 0.1) is 5.41 Å². The van der Waals surface area contributed by atoms with Crippen LogP contribution in [0.5, 0.6) is 0 Å². The van der Waals surface area contributed by atoms with Gasteiger partial charge >= 0.3 is 5.97 Å². The van der Waals surface area contributed by atoms with Crippen LogP contribution in [0.15, 0.2) is 0 Å². The normalized spacial score (nSPS) is 20.0. The largest absolute Gasteiger partial charge is 0.481 e. The van der Waals surface area contributed by atoms with Gasteiger partial charge in [0.2, 0.25) is 6.41 Å². The van der Waals surface area contributed by atoms with Crippen molar-refractivity contribution in [2.75, 3.05) is 6.54 Å². The summed E-state index contributed by atoms with van der Waals surface area (Å²) in [5, 5.41) is 11.2. The summed E-state index contributed by atoms with van der Waals surface area (Å²) in [6.07, 6.45) is 2.86. The highest BCUT2D eigenvalue weighted by atomic mass is 16.4. The average molecular weight is 157 g/mol. The van der Waals surface area contributed by atoms with E-state index >= 15 is 0 Å². The fraction of sp³-hybridized carbons (Fsp3) is 0.714. The van der Waals surface area contributed by atoms with E-state index in [0.29, 0.717) is 19.3 Å². The Morgan fingerprint density at radius 1 is 1.64 bits per heavy atom. The summed E-state index contributed by atoms with van der Waals surface area (Å²) in [4.78, 5) is 20.6. The lowest BCUT2D eigenvalue weighted by molar-refractivity contribution is -0.154. The van der Waals surface area contributed by atoms with Crippen LogP contribution >= 0.6 is 0 Å². The molecule has 4 heteroatoms. The van der Waals surface area contributed by atoms with Crippen molar-refractivity contribution in [1.82, 2.24) is 5.32 Å². The molecule has 11 heavy (non-hydrogen) atoms. The second-order valence-electron chi connectivity index (χ2n) is 2.94. The fourth-order valence-corrected chi connectivity index (χ4v) is 1.31. The minimum atomic E-state index is -0.793. The third-order valence-electron chi connectivity index (χ3n) is 2.29. The van der Waals surface area contributed by atoms with Crippen LogP contribution in [0.1, 0.15) is 19.3 Å². The van der Waals surface area contributed by atoms with Crippen LogP contribution in [0.3, 0.4) is 0 Å². The van der Waals surface area contributed by atoms with Crippen LogP contribution in [-0.4, -0.2) is 24.0 Å². The molecule has 1 aliphatic rings. The van der Waals surface area contributed by atoms with Gasteiger partial charge in [-0.2, -0.15) is 0 Å². The van der Waals surface area contributed by atoms with Crippen LogP contribution < -0.4 is 5.32 Å². The smallest absolute Gasteiger partial charge is 0.311 e. The Kier molecular flexibility index (Phi) is 2.12. The van der Waals surface area contributed by atoms with Gasteiger partial charge in [0.15, 0.2) is 0 Å². The Bertz CT molecular complexity index is 175. The standard InChI is InChI=1S/C7H11NO3/c9-5-8-4-7(6(10)11)2-1-3-7/h5H,1-4H2,(H,8,9)(H,10,11). The van der Waals surface area contributed by atoms with Crippen LogP contribution in [0.25, 0.3) is 0 Å². The van der Waals surface area contributed by atoms with Crippen molar-refractivity contribution in [2.45, 2.75) is 19.3 Å². The van der Waals surface area contributed by atoms with Gasteiger partial charge in [0.25, 0.3) is 0 Å². The predicted octanol–water partition coefficient (Wildman–Crippen LogP) is -0.0127. The molecule has 0 heterocycles. The van der Waals surface area contributed by atoms with E-state index in [1.807, 2.05) is 0 Å². The first-order valence-corrected chi connectivity index (χ1v) is 3.62. The van der Waals surface area contributed by atoms with Gasteiger partial charge in [0.1, 0.15) is 0 Å². The molecular formula is C7H11NO3. The topological polar surface area (TPSA) is 66.4 Å². The predicted molar refractivity (Wildman–Crippen MR) is 38.0 cm³/mol. The molecule has 1 aliphatic carbocycles. The molecule has 62 valence electrons. The Balaban J connectivity index is 2.46. The van der Waals surface area contributed by atoms with E-state index in [0.717, 1.165) is 6.42 Å². The van der Waals surface area contributed by atoms with Crippen LogP contribution in [0.4, 0.5) is 0 Å². The molecule has 0 aromatic carbocycles. The summed E-state index contributed by atoms with van der Waals surface area (Å²) in [6.45, 7) is 0.270. The van der Waals surface area contributed by atoms with E-state index in [1.165, 1.54) is 0 Å². The number of amides is 1. The monoisotopic (exact) mass is 157 g/mol. The summed E-state index contributed by atoms with van der Waals surface area (Å²) in [7, 11) is 0. The van der Waals surface area contributed by atoms with Crippen LogP contribution in [0.2, 0.25) is 0 Å². The molecule has 0 saturated heterocycles. The highest BCUT2D eigenvalue weighted by molar-refractivity contribution is 5.76. The van der Waals surface area contributed by atoms with E-state index < -0.39 is 11.4 Å². The molecule has 0 radical (unpaired) electrons. The average Bonchev–Trinajstić information content (AvgIpc) is 1.85. The molecule has 4 nitrogen and oxygen atoms in total. The lowest BCUT2D eigenvalue weighted by Gasteiger charge is -2.37. The first-order valence-electron chi connectivity index (χ1n) is 3.62. The van der Waals surface area contributed by atoms with E-state index in [-0.39, 0.29) is 6.54 Å². The summed E-state index contributed by atoms with van der Waals surface area (Å²) < 4.78 is 0. The number of aliphatic carboxylic acids is 1. The molecule has 0 aliphatic heterocycles. The molecule has 2 N–H and O–H groups in total. The van der Waals surface area contributed by atoms with E-state index in [2.05, 4.69) is 5.32 Å². The van der Waals surface area contributed by atoms with Crippen LogP contribution in [0, 0.1) is 5.41 Å². The molecule has 1 amide bonds. The highest BCUT2D eigenvalue weighted by Gasteiger charge is 2.43. The molecule has 0 aromatic heterocycles. The minimum Gasteiger partial charge on any atom is -0.481 e. The van der Waals surface area contributed by atoms with Gasteiger partial charge in [0, 0.05) is 6.54 Å². The lowest BCUT2D eigenvalue weighted by Crippen LogP contribution is -2.45. The van der Waals surface area contributed by atoms with Gasteiger partial charge in [-0.3, -0.25) is 9.59 Å². The van der Waals surface area contributed by atoms with Crippen molar-refractivity contribution < 1.29 is 14.7 Å². The van der Waals surface area contributed by atoms with Gasteiger partial charge in [-0.25, -0.2) is 0 Å². The summed E-state index contributed by atoms with van der Waals surface area (Å²) in [6, 6.07) is 0. The molecule has 0 aromatic rings. The second-order valence-corrected chi connectivity index (χ2v) is 2.94. The Labute approximate surface area is 64.6 Å². The van der Waals surface area contributed by atoms with E-state index in [9.17, 15) is 9.59 Å². The second kappa shape index (κ2) is 2.90. The van der Waals surface area contributed by atoms with Gasteiger partial charge in [-0.15, -0.1) is 0 Å². The maximum atomic E-state index is 10.7. The number of carboxylic acid groups (broad SMARTS) is 1. The van der Waals surface area contributed by atoms with Crippen molar-refractivity contribution in [3.05, 3.63) is 0 Å². The Hall–Kier alpha value is -1.06. The molecule has 1 rings (SSSR count). The van der Waals surface area contributed by atoms with Gasteiger partial charge in [-0.05, 0) is 12.8 Å². The molecule has 0 unspecified atom stereocenters. The third kappa shape index (κ3) is 1.34. The number of carbonyl (C=O) groups is 2. The Morgan fingerprint density at radius 2 is 2.27 bits per heavy atom. The number of nitrogens with one attached hydrogen (secondary N) is 1. The molecule has 0 atom stereocenters. The van der Waals surface area contributed by atoms with Crippen molar-refractivity contribution >= 4 is 12.4 Å². The van der Waals surface area contributed by atoms with E-state index in [1.54, 1.807) is 0 Å². The molecule has 0 spiro atoms. The first-order chi connectivity index (χ1) is 5.21. The molecular weight excluding hydrogens is 146 g/mol. The SMILES string of the molecule is O=CNCC1(C(=O)O)CCC1. The van der Waals surface area contributed by atoms with Crippen molar-refractivity contribution in [3.8, 4) is 0 Å². The van der Waals surface area contributed by atoms with E-state index in [4.69, 9.17) is 5.11 Å². The van der Waals surface area contributed by atoms with Crippen molar-refractivity contribution in [1.29, 1.82) is 0 Å². The van der Waals surface area contributed by atoms with Crippen LogP contribution in [-0.2, 0) is 9.59 Å². The van der Waals surface area contributed by atoms with Gasteiger partial charge < -0.3 is 10.4 Å². The zero-order valence-corrected chi connectivity index (χ0v) is 6.17. The molecule has 1 fully saturated rings. The lowest BCUT2D eigenvalue weighted by atomic mass is 9.69. The maximum Gasteiger partial charge on any atom is 0.311 e. The third-order valence-corrected chi connectivity index (χ3v) is 2.29. The zero-order chi connectivity index (χ0) is 8.32. The number of hydrogen-bond donors (Lipinski definition) is 2. The fourth-order valence-electron chi connectivity index (χ4n) is 1.31. The maximum absolute atomic E-state index is 10.7. The summed E-state index contributed by atoms with van der Waals surface area (Å²) in [5.74, 6) is -0.793. The Morgan fingerprint density at radius 3 is 2.55 bits per heavy atom. The highest BCUT2D eigenvalue weighted by Crippen LogP contribution is 2.40. The first kappa shape index (κ1) is 8.04. The summed E-state index contributed by atoms with van der Waals surface area (Å²) >= 11 is 0. The number of carboxylic acids is 1.